The number of thiophene rings is 1. The Labute approximate surface area is 277 Å². The first-order chi connectivity index (χ1) is 22.0. The van der Waals surface area contributed by atoms with Crippen LogP contribution in [-0.2, 0) is 14.8 Å². The summed E-state index contributed by atoms with van der Waals surface area (Å²) in [7, 11) is -2.16. The molecule has 1 aromatic carbocycles. The van der Waals surface area contributed by atoms with Crippen LogP contribution in [-0.4, -0.2) is 92.3 Å². The Morgan fingerprint density at radius 1 is 1.13 bits per heavy atom. The van der Waals surface area contributed by atoms with Crippen molar-refractivity contribution in [3.63, 3.8) is 0 Å². The minimum atomic E-state index is -3.70. The number of rotatable bonds is 8. The van der Waals surface area contributed by atoms with Crippen molar-refractivity contribution in [1.82, 2.24) is 14.5 Å². The van der Waals surface area contributed by atoms with E-state index in [1.165, 1.54) is 22.1 Å². The Morgan fingerprint density at radius 2 is 1.87 bits per heavy atom. The van der Waals surface area contributed by atoms with Crippen molar-refractivity contribution in [2.45, 2.75) is 101 Å². The summed E-state index contributed by atoms with van der Waals surface area (Å²) in [5.74, 6) is -0.236. The van der Waals surface area contributed by atoms with E-state index in [1.54, 1.807) is 54.6 Å². The zero-order valence-electron chi connectivity index (χ0n) is 27.4. The average molecular weight is 679 g/mol. The number of hydrogen-bond donors (Lipinski definition) is 3. The molecule has 1 saturated carbocycles. The summed E-state index contributed by atoms with van der Waals surface area (Å²) in [6.07, 6.45) is 6.90. The number of sulfonamides is 1. The smallest absolute Gasteiger partial charge is 0.319 e. The van der Waals surface area contributed by atoms with Crippen LogP contribution in [0.5, 0.6) is 5.75 Å². The first-order valence-electron chi connectivity index (χ1n) is 16.4. The number of carbonyl (C=O) groups is 2. The largest absolute Gasteiger partial charge is 0.490 e. The number of anilines is 1. The van der Waals surface area contributed by atoms with Crippen molar-refractivity contribution in [3.05, 3.63) is 41.3 Å². The molecule has 0 saturated heterocycles. The molecule has 3 amide bonds. The Hall–Kier alpha value is -2.71. The summed E-state index contributed by atoms with van der Waals surface area (Å²) >= 11 is 1.17. The number of aliphatic hydroxyl groups is 1. The lowest BCUT2D eigenvalue weighted by atomic mass is 9.96. The molecule has 1 aliphatic carbocycles. The second-order valence-corrected chi connectivity index (χ2v) is 15.9. The van der Waals surface area contributed by atoms with Gasteiger partial charge >= 0.3 is 6.03 Å². The highest BCUT2D eigenvalue weighted by Gasteiger charge is 2.32. The molecule has 2 aliphatic rings. The number of carbonyl (C=O) groups excluding carboxylic acids is 2. The highest BCUT2D eigenvalue weighted by molar-refractivity contribution is 7.91. The number of likely N-dealkylation sites (N-methyl/N-ethyl adjacent to an activating group) is 1. The molecule has 2 aromatic rings. The SMILES string of the molecule is C[C@@H]1CCCCO[C@H](CN(C)S(=O)(=O)c2cccs2)[C@@H](C)CN([C@@H](C)CO)C(=O)c2cc(NC(=O)NC3CCCCC3)ccc2O1. The Morgan fingerprint density at radius 3 is 2.57 bits per heavy atom. The highest BCUT2D eigenvalue weighted by Crippen LogP contribution is 2.29. The third-order valence-electron chi connectivity index (χ3n) is 8.85. The van der Waals surface area contributed by atoms with E-state index in [-0.39, 0.29) is 59.5 Å². The molecular weight excluding hydrogens is 629 g/mol. The number of fused-ring (bicyclic) bond motifs is 1. The van der Waals surface area contributed by atoms with E-state index in [0.717, 1.165) is 44.9 Å². The van der Waals surface area contributed by atoms with Gasteiger partial charge in [0.2, 0.25) is 0 Å². The molecule has 11 nitrogen and oxygen atoms in total. The average Bonchev–Trinajstić information content (AvgIpc) is 3.59. The Kier molecular flexibility index (Phi) is 13.3. The van der Waals surface area contributed by atoms with Crippen LogP contribution in [0.4, 0.5) is 10.5 Å². The number of ether oxygens (including phenoxy) is 2. The van der Waals surface area contributed by atoms with E-state index < -0.39 is 22.2 Å². The van der Waals surface area contributed by atoms with Gasteiger partial charge in [0, 0.05) is 44.4 Å². The van der Waals surface area contributed by atoms with Crippen LogP contribution in [0.25, 0.3) is 0 Å². The lowest BCUT2D eigenvalue weighted by molar-refractivity contribution is -0.00832. The zero-order valence-corrected chi connectivity index (χ0v) is 29.1. The van der Waals surface area contributed by atoms with Gasteiger partial charge in [-0.05, 0) is 75.6 Å². The van der Waals surface area contributed by atoms with Gasteiger partial charge in [0.25, 0.3) is 15.9 Å². The predicted octanol–water partition coefficient (Wildman–Crippen LogP) is 5.32. The van der Waals surface area contributed by atoms with Crippen molar-refractivity contribution in [1.29, 1.82) is 0 Å². The van der Waals surface area contributed by atoms with E-state index >= 15 is 0 Å². The second-order valence-electron chi connectivity index (χ2n) is 12.7. The zero-order chi connectivity index (χ0) is 33.3. The summed E-state index contributed by atoms with van der Waals surface area (Å²) < 4.78 is 40.6. The van der Waals surface area contributed by atoms with Gasteiger partial charge in [-0.2, -0.15) is 4.31 Å². The van der Waals surface area contributed by atoms with Gasteiger partial charge in [-0.25, -0.2) is 13.2 Å². The monoisotopic (exact) mass is 678 g/mol. The van der Waals surface area contributed by atoms with Crippen LogP contribution in [0.15, 0.2) is 39.9 Å². The maximum atomic E-state index is 14.3. The third kappa shape index (κ3) is 9.66. The lowest BCUT2D eigenvalue weighted by Gasteiger charge is -2.35. The summed E-state index contributed by atoms with van der Waals surface area (Å²) in [6.45, 7) is 6.12. The molecule has 1 aliphatic heterocycles. The van der Waals surface area contributed by atoms with Gasteiger partial charge in [-0.1, -0.05) is 32.3 Å². The molecule has 1 fully saturated rings. The number of benzene rings is 1. The maximum absolute atomic E-state index is 14.3. The normalized spacial score (nSPS) is 23.2. The molecule has 3 N–H and O–H groups in total. The summed E-state index contributed by atoms with van der Waals surface area (Å²) in [4.78, 5) is 28.8. The second kappa shape index (κ2) is 16.9. The van der Waals surface area contributed by atoms with Gasteiger partial charge in [-0.15, -0.1) is 11.3 Å². The fraction of sp³-hybridized carbons (Fsp3) is 0.636. The van der Waals surface area contributed by atoms with Crippen LogP contribution in [0.2, 0.25) is 0 Å². The van der Waals surface area contributed by atoms with E-state index in [4.69, 9.17) is 9.47 Å². The number of urea groups is 1. The van der Waals surface area contributed by atoms with Crippen LogP contribution >= 0.6 is 11.3 Å². The summed E-state index contributed by atoms with van der Waals surface area (Å²) in [6, 6.07) is 7.64. The van der Waals surface area contributed by atoms with Crippen LogP contribution in [0, 0.1) is 5.92 Å². The topological polar surface area (TPSA) is 138 Å². The van der Waals surface area contributed by atoms with E-state index in [1.807, 2.05) is 13.8 Å². The Balaban J connectivity index is 1.60. The quantitative estimate of drug-likeness (QED) is 0.344. The predicted molar refractivity (Wildman–Crippen MR) is 180 cm³/mol. The number of hydrogen-bond acceptors (Lipinski definition) is 8. The summed E-state index contributed by atoms with van der Waals surface area (Å²) in [5.41, 5.74) is 0.741. The van der Waals surface area contributed by atoms with Crippen molar-refractivity contribution in [2.24, 2.45) is 5.92 Å². The molecule has 4 atom stereocenters. The number of aliphatic hydroxyl groups excluding tert-OH is 1. The lowest BCUT2D eigenvalue weighted by Crippen LogP contribution is -2.48. The molecule has 0 radical (unpaired) electrons. The van der Waals surface area contributed by atoms with Crippen molar-refractivity contribution < 1.29 is 32.6 Å². The fourth-order valence-corrected chi connectivity index (χ4v) is 8.36. The third-order valence-corrected chi connectivity index (χ3v) is 12.0. The van der Waals surface area contributed by atoms with Gasteiger partial charge in [-0.3, -0.25) is 4.79 Å². The highest BCUT2D eigenvalue weighted by atomic mass is 32.2. The molecule has 2 heterocycles. The number of nitrogens with one attached hydrogen (secondary N) is 2. The van der Waals surface area contributed by atoms with Gasteiger partial charge in [0.05, 0.1) is 30.4 Å². The molecule has 0 bridgehead atoms. The molecule has 0 unspecified atom stereocenters. The first-order valence-corrected chi connectivity index (χ1v) is 18.7. The maximum Gasteiger partial charge on any atom is 0.319 e. The van der Waals surface area contributed by atoms with Crippen molar-refractivity contribution >= 4 is 39.0 Å². The van der Waals surface area contributed by atoms with Crippen molar-refractivity contribution in [3.8, 4) is 5.75 Å². The van der Waals surface area contributed by atoms with E-state index in [2.05, 4.69) is 10.6 Å². The van der Waals surface area contributed by atoms with Crippen LogP contribution in [0.1, 0.15) is 82.5 Å². The van der Waals surface area contributed by atoms with Crippen molar-refractivity contribution in [2.75, 3.05) is 38.7 Å². The molecular formula is C33H50N4O7S2. The van der Waals surface area contributed by atoms with Crippen LogP contribution < -0.4 is 15.4 Å². The van der Waals surface area contributed by atoms with E-state index in [0.29, 0.717) is 18.0 Å². The first kappa shape index (κ1) is 36.1. The summed E-state index contributed by atoms with van der Waals surface area (Å²) in [5, 5.41) is 17.9. The molecule has 13 heteroatoms. The van der Waals surface area contributed by atoms with Gasteiger partial charge < -0.3 is 30.1 Å². The molecule has 46 heavy (non-hydrogen) atoms. The van der Waals surface area contributed by atoms with Gasteiger partial charge in [0.15, 0.2) is 0 Å². The Bertz CT molecular complexity index is 1380. The van der Waals surface area contributed by atoms with Gasteiger partial charge in [0.1, 0.15) is 9.96 Å². The fourth-order valence-electron chi connectivity index (χ4n) is 5.98. The van der Waals surface area contributed by atoms with E-state index in [9.17, 15) is 23.1 Å². The number of nitrogens with zero attached hydrogens (tertiary/aromatic N) is 2. The molecule has 4 rings (SSSR count). The number of amides is 3. The molecule has 256 valence electrons. The minimum Gasteiger partial charge on any atom is -0.490 e. The standard InChI is InChI=1S/C33H50N4O7S2/c1-23-20-37(24(2)22-38)32(39)28-19-27(35-33(40)34-26-12-6-5-7-13-26)15-16-29(28)44-25(3)11-8-9-17-43-30(23)21-36(4)46(41,42)31-14-10-18-45-31/h10,14-16,18-19,23-26,30,38H,5-9,11-13,17,20-22H2,1-4H3,(H2,34,35,40)/t23-,24-,25+,30+/m0/s1. The molecule has 0 spiro atoms. The molecule has 1 aromatic heterocycles. The van der Waals surface area contributed by atoms with Crippen LogP contribution in [0.3, 0.4) is 0 Å². The minimum absolute atomic E-state index is 0.108.